The number of hydrogen-bond acceptors (Lipinski definition) is 2. The van der Waals surface area contributed by atoms with Gasteiger partial charge in [0.05, 0.1) is 0 Å². The van der Waals surface area contributed by atoms with Gasteiger partial charge in [0, 0.05) is 22.8 Å². The van der Waals surface area contributed by atoms with Gasteiger partial charge in [0.2, 0.25) is 0 Å². The highest BCUT2D eigenvalue weighted by atomic mass is 35.5. The zero-order valence-electron chi connectivity index (χ0n) is 6.01. The molecule has 0 spiro atoms. The van der Waals surface area contributed by atoms with Crippen LogP contribution in [0.25, 0.3) is 0 Å². The van der Waals surface area contributed by atoms with Crippen molar-refractivity contribution in [3.63, 3.8) is 0 Å². The molecular formula is C7H8Cl2N2. The van der Waals surface area contributed by atoms with Crippen LogP contribution in [0.4, 0.5) is 0 Å². The number of aromatic nitrogens is 1. The van der Waals surface area contributed by atoms with Crippen molar-refractivity contribution in [1.82, 2.24) is 4.98 Å². The maximum Gasteiger partial charge on any atom is 0.135 e. The summed E-state index contributed by atoms with van der Waals surface area (Å²) in [6.07, 6.45) is 1.55. The predicted molar refractivity (Wildman–Crippen MR) is 46.9 cm³/mol. The van der Waals surface area contributed by atoms with Gasteiger partial charge in [0.15, 0.2) is 0 Å². The van der Waals surface area contributed by atoms with Gasteiger partial charge in [-0.3, -0.25) is 0 Å². The minimum Gasteiger partial charge on any atom is -0.324 e. The Labute approximate surface area is 75.3 Å². The average molecular weight is 191 g/mol. The summed E-state index contributed by atoms with van der Waals surface area (Å²) in [7, 11) is 0. The van der Waals surface area contributed by atoms with Crippen molar-refractivity contribution in [2.24, 2.45) is 5.73 Å². The van der Waals surface area contributed by atoms with Gasteiger partial charge in [-0.15, -0.1) is 0 Å². The Morgan fingerprint density at radius 3 is 2.55 bits per heavy atom. The Morgan fingerprint density at radius 1 is 1.55 bits per heavy atom. The molecule has 2 nitrogen and oxygen atoms in total. The Bertz CT molecular complexity index is 240. The summed E-state index contributed by atoms with van der Waals surface area (Å²) in [5.41, 5.74) is 6.31. The number of halogens is 2. The highest BCUT2D eigenvalue weighted by Gasteiger charge is 2.09. The van der Waals surface area contributed by atoms with Crippen molar-refractivity contribution in [1.29, 1.82) is 0 Å². The van der Waals surface area contributed by atoms with Gasteiger partial charge in [-0.2, -0.15) is 0 Å². The molecule has 1 heterocycles. The van der Waals surface area contributed by atoms with Crippen molar-refractivity contribution in [3.8, 4) is 0 Å². The van der Waals surface area contributed by atoms with E-state index in [9.17, 15) is 0 Å². The fourth-order valence-electron chi connectivity index (χ4n) is 0.831. The lowest BCUT2D eigenvalue weighted by Gasteiger charge is -2.08. The van der Waals surface area contributed by atoms with Crippen molar-refractivity contribution in [3.05, 3.63) is 28.0 Å². The first-order chi connectivity index (χ1) is 5.13. The fourth-order valence-corrected chi connectivity index (χ4v) is 1.53. The Hall–Kier alpha value is -0.310. The van der Waals surface area contributed by atoms with E-state index in [-0.39, 0.29) is 6.04 Å². The zero-order chi connectivity index (χ0) is 8.43. The van der Waals surface area contributed by atoms with Crippen LogP contribution >= 0.6 is 23.2 Å². The van der Waals surface area contributed by atoms with Crippen LogP contribution in [0.5, 0.6) is 0 Å². The van der Waals surface area contributed by atoms with E-state index in [1.54, 1.807) is 12.3 Å². The second-order valence-electron chi connectivity index (χ2n) is 2.29. The molecule has 1 unspecified atom stereocenters. The predicted octanol–water partition coefficient (Wildman–Crippen LogP) is 2.41. The van der Waals surface area contributed by atoms with E-state index in [1.807, 2.05) is 6.92 Å². The van der Waals surface area contributed by atoms with Gasteiger partial charge in [-0.25, -0.2) is 4.98 Å². The average Bonchev–Trinajstić information content (AvgIpc) is 1.85. The number of pyridine rings is 1. The first kappa shape index (κ1) is 8.78. The molecule has 1 aromatic rings. The van der Waals surface area contributed by atoms with E-state index in [0.717, 1.165) is 0 Å². The van der Waals surface area contributed by atoms with Crippen molar-refractivity contribution >= 4 is 23.2 Å². The molecular weight excluding hydrogens is 183 g/mol. The van der Waals surface area contributed by atoms with E-state index in [2.05, 4.69) is 4.98 Å². The molecule has 0 saturated heterocycles. The summed E-state index contributed by atoms with van der Waals surface area (Å²) in [6, 6.07) is 1.50. The molecule has 0 radical (unpaired) electrons. The van der Waals surface area contributed by atoms with E-state index in [1.165, 1.54) is 0 Å². The highest BCUT2D eigenvalue weighted by Crippen LogP contribution is 2.26. The van der Waals surface area contributed by atoms with Gasteiger partial charge < -0.3 is 5.73 Å². The molecule has 0 aliphatic carbocycles. The number of rotatable bonds is 1. The lowest BCUT2D eigenvalue weighted by atomic mass is 10.1. The highest BCUT2D eigenvalue weighted by molar-refractivity contribution is 6.35. The van der Waals surface area contributed by atoms with Crippen LogP contribution in [0.15, 0.2) is 12.3 Å². The lowest BCUT2D eigenvalue weighted by molar-refractivity contribution is 0.812. The minimum atomic E-state index is -0.177. The number of nitrogens with two attached hydrogens (primary N) is 1. The summed E-state index contributed by atoms with van der Waals surface area (Å²) in [4.78, 5) is 3.86. The molecule has 0 saturated carbocycles. The smallest absolute Gasteiger partial charge is 0.135 e. The molecule has 0 aliphatic heterocycles. The van der Waals surface area contributed by atoms with Crippen LogP contribution in [-0.2, 0) is 0 Å². The molecule has 2 N–H and O–H groups in total. The molecule has 0 aliphatic rings. The topological polar surface area (TPSA) is 38.9 Å². The van der Waals surface area contributed by atoms with Crippen LogP contribution in [0.3, 0.4) is 0 Å². The summed E-state index contributed by atoms with van der Waals surface area (Å²) < 4.78 is 0. The molecule has 60 valence electrons. The van der Waals surface area contributed by atoms with E-state index >= 15 is 0 Å². The van der Waals surface area contributed by atoms with Crippen molar-refractivity contribution in [2.45, 2.75) is 13.0 Å². The molecule has 4 heteroatoms. The van der Waals surface area contributed by atoms with Crippen LogP contribution < -0.4 is 5.73 Å². The minimum absolute atomic E-state index is 0.177. The lowest BCUT2D eigenvalue weighted by Crippen LogP contribution is -2.06. The quantitative estimate of drug-likeness (QED) is 0.692. The summed E-state index contributed by atoms with van der Waals surface area (Å²) in [6.45, 7) is 1.81. The van der Waals surface area contributed by atoms with Crippen LogP contribution in [-0.4, -0.2) is 4.98 Å². The van der Waals surface area contributed by atoms with E-state index in [0.29, 0.717) is 15.7 Å². The zero-order valence-corrected chi connectivity index (χ0v) is 7.52. The third-order valence-electron chi connectivity index (χ3n) is 1.34. The number of hydrogen-bond donors (Lipinski definition) is 1. The van der Waals surface area contributed by atoms with Gasteiger partial charge in [-0.1, -0.05) is 23.2 Å². The van der Waals surface area contributed by atoms with E-state index in [4.69, 9.17) is 28.9 Å². The standard InChI is InChI=1S/C7H8Cl2N2/c1-4(10)6-5(8)2-3-11-7(6)9/h2-4H,10H2,1H3. The third-order valence-corrected chi connectivity index (χ3v) is 1.97. The Morgan fingerprint density at radius 2 is 2.18 bits per heavy atom. The third kappa shape index (κ3) is 1.83. The molecule has 0 bridgehead atoms. The van der Waals surface area contributed by atoms with Crippen molar-refractivity contribution in [2.75, 3.05) is 0 Å². The van der Waals surface area contributed by atoms with Gasteiger partial charge in [-0.05, 0) is 13.0 Å². The van der Waals surface area contributed by atoms with Crippen LogP contribution in [0, 0.1) is 0 Å². The van der Waals surface area contributed by atoms with Gasteiger partial charge >= 0.3 is 0 Å². The first-order valence-electron chi connectivity index (χ1n) is 3.18. The largest absolute Gasteiger partial charge is 0.324 e. The van der Waals surface area contributed by atoms with E-state index < -0.39 is 0 Å². The molecule has 0 aromatic carbocycles. The van der Waals surface area contributed by atoms with Crippen LogP contribution in [0.2, 0.25) is 10.2 Å². The first-order valence-corrected chi connectivity index (χ1v) is 3.94. The van der Waals surface area contributed by atoms with Crippen molar-refractivity contribution < 1.29 is 0 Å². The SMILES string of the molecule is CC(N)c1c(Cl)ccnc1Cl. The van der Waals surface area contributed by atoms with Gasteiger partial charge in [0.1, 0.15) is 5.15 Å². The molecule has 1 atom stereocenters. The monoisotopic (exact) mass is 190 g/mol. The molecule has 0 fully saturated rings. The second kappa shape index (κ2) is 3.39. The molecule has 1 rings (SSSR count). The Kier molecular flexibility index (Phi) is 2.71. The normalized spacial score (nSPS) is 13.1. The van der Waals surface area contributed by atoms with Crippen LogP contribution in [0.1, 0.15) is 18.5 Å². The maximum absolute atomic E-state index is 5.82. The van der Waals surface area contributed by atoms with Gasteiger partial charge in [0.25, 0.3) is 0 Å². The Balaban J connectivity index is 3.21. The maximum atomic E-state index is 5.82. The fraction of sp³-hybridized carbons (Fsp3) is 0.286. The number of nitrogens with zero attached hydrogens (tertiary/aromatic N) is 1. The summed E-state index contributed by atoms with van der Waals surface area (Å²) in [5.74, 6) is 0. The summed E-state index contributed by atoms with van der Waals surface area (Å²) >= 11 is 11.6. The molecule has 1 aromatic heterocycles. The second-order valence-corrected chi connectivity index (χ2v) is 3.05. The summed E-state index contributed by atoms with van der Waals surface area (Å²) in [5, 5.41) is 0.951. The molecule has 11 heavy (non-hydrogen) atoms. The molecule has 0 amide bonds.